The lowest BCUT2D eigenvalue weighted by Gasteiger charge is -2.34. The zero-order chi connectivity index (χ0) is 31.9. The molecular formula is C31H44N6O6S. The summed E-state index contributed by atoms with van der Waals surface area (Å²) in [5, 5.41) is 12.2. The van der Waals surface area contributed by atoms with E-state index in [4.69, 9.17) is 15.9 Å². The van der Waals surface area contributed by atoms with Gasteiger partial charge in [0.25, 0.3) is 0 Å². The lowest BCUT2D eigenvalue weighted by Crippen LogP contribution is -2.52. The Hall–Kier alpha value is -3.71. The van der Waals surface area contributed by atoms with Gasteiger partial charge in [-0.2, -0.15) is 4.72 Å². The lowest BCUT2D eigenvalue weighted by molar-refractivity contribution is -0.149. The summed E-state index contributed by atoms with van der Waals surface area (Å²) in [6, 6.07) is 10.7. The van der Waals surface area contributed by atoms with Crippen molar-refractivity contribution in [1.82, 2.24) is 19.8 Å². The summed E-state index contributed by atoms with van der Waals surface area (Å²) in [5.74, 6) is -1.52. The van der Waals surface area contributed by atoms with Crippen LogP contribution in [0.15, 0.2) is 47.4 Å². The molecule has 0 aliphatic carbocycles. The second-order valence-electron chi connectivity index (χ2n) is 12.1. The van der Waals surface area contributed by atoms with Gasteiger partial charge in [0.1, 0.15) is 6.04 Å². The fourth-order valence-electron chi connectivity index (χ4n) is 5.69. The molecule has 0 radical (unpaired) electrons. The maximum atomic E-state index is 13.5. The molecule has 2 heterocycles. The lowest BCUT2D eigenvalue weighted by atomic mass is 9.97. The fourth-order valence-corrected chi connectivity index (χ4v) is 6.92. The second-order valence-corrected chi connectivity index (χ2v) is 13.8. The first-order valence-electron chi connectivity index (χ1n) is 15.2. The minimum absolute atomic E-state index is 0.00386. The molecule has 5 N–H and O–H groups in total. The molecule has 2 aliphatic heterocycles. The number of benzene rings is 2. The molecular weight excluding hydrogens is 584 g/mol. The molecule has 240 valence electrons. The molecule has 0 aromatic heterocycles. The molecule has 0 spiro atoms. The summed E-state index contributed by atoms with van der Waals surface area (Å²) in [4.78, 5) is 42.3. The Labute approximate surface area is 259 Å². The zero-order valence-corrected chi connectivity index (χ0v) is 26.3. The topological polar surface area (TPSA) is 175 Å². The first-order valence-corrected chi connectivity index (χ1v) is 16.7. The van der Waals surface area contributed by atoms with E-state index in [0.29, 0.717) is 32.6 Å². The monoisotopic (exact) mass is 628 g/mol. The highest BCUT2D eigenvalue weighted by Crippen LogP contribution is 2.22. The molecule has 2 aliphatic rings. The highest BCUT2D eigenvalue weighted by molar-refractivity contribution is 7.89. The number of carbonyl (C=O) groups excluding carboxylic acids is 3. The number of sulfonamides is 1. The number of amides is 2. The largest absolute Gasteiger partial charge is 0.465 e. The summed E-state index contributed by atoms with van der Waals surface area (Å²) >= 11 is 0. The minimum atomic E-state index is -4.16. The van der Waals surface area contributed by atoms with Gasteiger partial charge in [-0.1, -0.05) is 44.2 Å². The van der Waals surface area contributed by atoms with Crippen molar-refractivity contribution in [3.63, 3.8) is 0 Å². The Morgan fingerprint density at radius 1 is 1.00 bits per heavy atom. The molecule has 0 bridgehead atoms. The predicted octanol–water partition coefficient (Wildman–Crippen LogP) is 2.04. The van der Waals surface area contributed by atoms with E-state index in [-0.39, 0.29) is 60.1 Å². The van der Waals surface area contributed by atoms with Gasteiger partial charge in [0.05, 0.1) is 23.8 Å². The predicted molar refractivity (Wildman–Crippen MR) is 167 cm³/mol. The van der Waals surface area contributed by atoms with E-state index in [9.17, 15) is 22.8 Å². The van der Waals surface area contributed by atoms with Gasteiger partial charge in [-0.15, -0.1) is 0 Å². The molecule has 44 heavy (non-hydrogen) atoms. The molecule has 0 saturated carbocycles. The van der Waals surface area contributed by atoms with E-state index in [2.05, 4.69) is 10.0 Å². The third-order valence-electron chi connectivity index (χ3n) is 8.25. The molecule has 2 aromatic carbocycles. The molecule has 2 fully saturated rings. The van der Waals surface area contributed by atoms with Crippen LogP contribution in [0.1, 0.15) is 46.0 Å². The van der Waals surface area contributed by atoms with Crippen molar-refractivity contribution in [3.05, 3.63) is 42.5 Å². The average Bonchev–Trinajstić information content (AvgIpc) is 3.01. The molecule has 2 amide bonds. The first kappa shape index (κ1) is 33.2. The number of carbonyl (C=O) groups is 3. The summed E-state index contributed by atoms with van der Waals surface area (Å²) in [6.07, 6.45) is 2.80. The Morgan fingerprint density at radius 2 is 1.66 bits per heavy atom. The van der Waals surface area contributed by atoms with Gasteiger partial charge < -0.3 is 25.6 Å². The van der Waals surface area contributed by atoms with Crippen LogP contribution in [-0.2, 0) is 29.1 Å². The molecule has 2 saturated heterocycles. The van der Waals surface area contributed by atoms with Crippen molar-refractivity contribution in [2.75, 3.05) is 39.3 Å². The second kappa shape index (κ2) is 14.8. The smallest absolute Gasteiger partial charge is 0.308 e. The Bertz CT molecular complexity index is 1460. The molecule has 4 rings (SSSR count). The summed E-state index contributed by atoms with van der Waals surface area (Å²) in [6.45, 7) is 6.01. The number of hydrogen-bond donors (Lipinski definition) is 4. The van der Waals surface area contributed by atoms with E-state index in [1.807, 2.05) is 24.3 Å². The number of likely N-dealkylation sites (tertiary alicyclic amines) is 2. The minimum Gasteiger partial charge on any atom is -0.465 e. The third-order valence-corrected chi connectivity index (χ3v) is 9.72. The fraction of sp³-hybridized carbons (Fsp3) is 0.548. The van der Waals surface area contributed by atoms with Crippen LogP contribution in [0.25, 0.3) is 10.8 Å². The molecule has 12 nitrogen and oxygen atoms in total. The average molecular weight is 629 g/mol. The normalized spacial score (nSPS) is 19.9. The summed E-state index contributed by atoms with van der Waals surface area (Å²) < 4.78 is 34.9. The van der Waals surface area contributed by atoms with E-state index in [1.54, 1.807) is 35.8 Å². The quantitative estimate of drug-likeness (QED) is 0.166. The number of esters is 1. The zero-order valence-electron chi connectivity index (χ0n) is 25.5. The SMILES string of the molecule is CC(C)C(=O)OC[C@H]1CCCN(C(=O)C[C@H](NS(=O)(=O)c2ccc3ccccc3c2)C(=O)NC[C@@H]2CCCN(C(=N)N)C2)C1. The van der Waals surface area contributed by atoms with Gasteiger partial charge >= 0.3 is 5.97 Å². The number of piperidine rings is 2. The van der Waals surface area contributed by atoms with Crippen molar-refractivity contribution >= 4 is 44.5 Å². The summed E-state index contributed by atoms with van der Waals surface area (Å²) in [7, 11) is -4.16. The van der Waals surface area contributed by atoms with Crippen LogP contribution in [0.2, 0.25) is 0 Å². The van der Waals surface area contributed by atoms with Crippen LogP contribution in [0.4, 0.5) is 0 Å². The molecule has 0 unspecified atom stereocenters. The van der Waals surface area contributed by atoms with Gasteiger partial charge in [0.15, 0.2) is 5.96 Å². The third kappa shape index (κ3) is 8.91. The standard InChI is InChI=1S/C31H44N6O6S/c1-21(2)30(40)43-20-23-8-6-13-36(19-23)28(38)16-27(29(39)34-17-22-7-5-14-37(18-22)31(32)33)35-44(41,42)26-12-11-24-9-3-4-10-25(24)15-26/h3-4,9-12,15,21-23,27,35H,5-8,13-14,16-20H2,1-2H3,(H3,32,33)(H,34,39)/t22-,23-,27-/m0/s1. The number of fused-ring (bicyclic) bond motifs is 1. The van der Waals surface area contributed by atoms with Crippen LogP contribution in [0.5, 0.6) is 0 Å². The van der Waals surface area contributed by atoms with Gasteiger partial charge in [-0.3, -0.25) is 19.8 Å². The Morgan fingerprint density at radius 3 is 2.36 bits per heavy atom. The van der Waals surface area contributed by atoms with Crippen molar-refractivity contribution in [2.45, 2.75) is 56.9 Å². The maximum Gasteiger partial charge on any atom is 0.308 e. The number of nitrogens with zero attached hydrogens (tertiary/aromatic N) is 2. The van der Waals surface area contributed by atoms with Crippen LogP contribution < -0.4 is 15.8 Å². The number of nitrogens with one attached hydrogen (secondary N) is 3. The Kier molecular flexibility index (Phi) is 11.2. The van der Waals surface area contributed by atoms with E-state index in [0.717, 1.165) is 30.0 Å². The number of hydrogen-bond acceptors (Lipinski definition) is 7. The van der Waals surface area contributed by atoms with Gasteiger partial charge in [0, 0.05) is 38.6 Å². The van der Waals surface area contributed by atoms with Crippen molar-refractivity contribution in [2.24, 2.45) is 23.5 Å². The maximum absolute atomic E-state index is 13.5. The highest BCUT2D eigenvalue weighted by atomic mass is 32.2. The van der Waals surface area contributed by atoms with Crippen LogP contribution in [-0.4, -0.2) is 87.3 Å². The van der Waals surface area contributed by atoms with Crippen molar-refractivity contribution in [1.29, 1.82) is 5.41 Å². The molecule has 3 atom stereocenters. The number of rotatable bonds is 11. The van der Waals surface area contributed by atoms with Crippen molar-refractivity contribution < 1.29 is 27.5 Å². The van der Waals surface area contributed by atoms with Crippen LogP contribution >= 0.6 is 0 Å². The van der Waals surface area contributed by atoms with Crippen LogP contribution in [0.3, 0.4) is 0 Å². The van der Waals surface area contributed by atoms with Crippen LogP contribution in [0, 0.1) is 23.2 Å². The van der Waals surface area contributed by atoms with Gasteiger partial charge in [-0.25, -0.2) is 8.42 Å². The first-order chi connectivity index (χ1) is 20.9. The number of nitrogens with two attached hydrogens (primary N) is 1. The van der Waals surface area contributed by atoms with E-state index in [1.165, 1.54) is 6.07 Å². The van der Waals surface area contributed by atoms with Gasteiger partial charge in [0.2, 0.25) is 21.8 Å². The molecule has 13 heteroatoms. The van der Waals surface area contributed by atoms with Gasteiger partial charge in [-0.05, 0) is 54.5 Å². The Balaban J connectivity index is 1.47. The van der Waals surface area contributed by atoms with E-state index >= 15 is 0 Å². The highest BCUT2D eigenvalue weighted by Gasteiger charge is 2.33. The summed E-state index contributed by atoms with van der Waals surface area (Å²) in [5.41, 5.74) is 5.65. The molecule has 2 aromatic rings. The number of ether oxygens (including phenoxy) is 1. The number of guanidine groups is 1. The van der Waals surface area contributed by atoms with E-state index < -0.39 is 22.0 Å². The van der Waals surface area contributed by atoms with Crippen molar-refractivity contribution in [3.8, 4) is 0 Å².